The van der Waals surface area contributed by atoms with E-state index in [1.165, 1.54) is 19.2 Å². The van der Waals surface area contributed by atoms with Crippen LogP contribution >= 0.6 is 9.24 Å². The normalized spacial score (nSPS) is 12.8. The highest BCUT2D eigenvalue weighted by molar-refractivity contribution is 7.27. The summed E-state index contributed by atoms with van der Waals surface area (Å²) in [6.07, 6.45) is -3.94. The second-order valence-corrected chi connectivity index (χ2v) is 12.1. The second-order valence-electron chi connectivity index (χ2n) is 11.4. The molecule has 2 N–H and O–H groups in total. The smallest absolute Gasteiger partial charge is 0.416 e. The maximum absolute atomic E-state index is 13.4. The first-order valence-electron chi connectivity index (χ1n) is 15.4. The zero-order valence-corrected chi connectivity index (χ0v) is 28.2. The molecule has 0 fully saturated rings. The van der Waals surface area contributed by atoms with Crippen LogP contribution in [0.4, 0.5) is 26.3 Å². The summed E-state index contributed by atoms with van der Waals surface area (Å²) < 4.78 is 86.2. The molecule has 0 aliphatic carbocycles. The summed E-state index contributed by atoms with van der Waals surface area (Å²) in [5.74, 6) is -0.650. The number of hydrogen-bond donors (Lipinski definition) is 2. The van der Waals surface area contributed by atoms with Gasteiger partial charge < -0.3 is 20.0 Å². The largest absolute Gasteiger partial charge is 0.488 e. The van der Waals surface area contributed by atoms with Crippen molar-refractivity contribution in [2.45, 2.75) is 38.2 Å². The Morgan fingerprint density at radius 2 is 1.47 bits per heavy atom. The monoisotopic (exact) mass is 730 g/mol. The Morgan fingerprint density at radius 3 is 2.04 bits per heavy atom. The number of benzene rings is 4. The molecular formula is C37H33F6N2O5P. The van der Waals surface area contributed by atoms with Crippen LogP contribution in [0.15, 0.2) is 96.2 Å². The molecule has 1 amide bonds. The van der Waals surface area contributed by atoms with Crippen LogP contribution in [0.3, 0.4) is 0 Å². The van der Waals surface area contributed by atoms with Crippen LogP contribution in [0.1, 0.15) is 55.7 Å². The van der Waals surface area contributed by atoms with Crippen LogP contribution in [0.5, 0.6) is 5.75 Å². The Morgan fingerprint density at radius 1 is 0.863 bits per heavy atom. The molecule has 14 heteroatoms. The summed E-state index contributed by atoms with van der Waals surface area (Å²) in [4.78, 5) is 27.1. The molecule has 2 atom stereocenters. The van der Waals surface area contributed by atoms with Gasteiger partial charge >= 0.3 is 18.3 Å². The number of ether oxygens (including phenoxy) is 1. The van der Waals surface area contributed by atoms with Gasteiger partial charge in [0, 0.05) is 11.1 Å². The third-order valence-corrected chi connectivity index (χ3v) is 8.09. The van der Waals surface area contributed by atoms with Crippen molar-refractivity contribution >= 4 is 38.8 Å². The number of amides is 1. The number of aromatic carboxylic acids is 1. The van der Waals surface area contributed by atoms with Crippen molar-refractivity contribution < 1.29 is 50.6 Å². The van der Waals surface area contributed by atoms with Gasteiger partial charge in [0.25, 0.3) is 0 Å². The Hall–Kier alpha value is -5.16. The molecule has 4 rings (SSSR count). The minimum atomic E-state index is -4.98. The maximum atomic E-state index is 13.4. The van der Waals surface area contributed by atoms with Gasteiger partial charge in [0.15, 0.2) is 5.84 Å². The summed E-state index contributed by atoms with van der Waals surface area (Å²) in [5.41, 5.74) is 0.0498. The van der Waals surface area contributed by atoms with Crippen molar-refractivity contribution in [3.63, 3.8) is 0 Å². The van der Waals surface area contributed by atoms with E-state index in [0.29, 0.717) is 48.9 Å². The fourth-order valence-corrected chi connectivity index (χ4v) is 5.45. The second kappa shape index (κ2) is 17.2. The predicted molar refractivity (Wildman–Crippen MR) is 184 cm³/mol. The first-order valence-corrected chi connectivity index (χ1v) is 16.0. The van der Waals surface area contributed by atoms with E-state index < -0.39 is 36.1 Å². The molecule has 268 valence electrons. The van der Waals surface area contributed by atoms with Crippen LogP contribution in [-0.2, 0) is 41.4 Å². The molecule has 0 heterocycles. The van der Waals surface area contributed by atoms with Crippen molar-refractivity contribution in [1.29, 1.82) is 0 Å². The summed E-state index contributed by atoms with van der Waals surface area (Å²) in [7, 11) is 3.89. The van der Waals surface area contributed by atoms with Gasteiger partial charge in [-0.05, 0) is 89.6 Å². The fourth-order valence-electron chi connectivity index (χ4n) is 5.18. The van der Waals surface area contributed by atoms with E-state index in [2.05, 4.69) is 19.7 Å². The van der Waals surface area contributed by atoms with Gasteiger partial charge in [0.2, 0.25) is 6.41 Å². The number of carboxylic acids is 1. The fraction of sp³-hybridized carbons (Fsp3) is 0.216. The molecule has 4 aromatic rings. The highest BCUT2D eigenvalue weighted by Gasteiger charge is 2.37. The molecule has 0 aliphatic heterocycles. The summed E-state index contributed by atoms with van der Waals surface area (Å²) >= 11 is 0. The number of carboxylic acid groups (broad SMARTS) is 1. The number of nitrogens with zero attached hydrogens (tertiary/aromatic N) is 1. The van der Waals surface area contributed by atoms with Gasteiger partial charge in [-0.3, -0.25) is 4.79 Å². The van der Waals surface area contributed by atoms with Crippen LogP contribution < -0.4 is 15.4 Å². The number of amidine groups is 1. The third-order valence-electron chi connectivity index (χ3n) is 7.73. The highest BCUT2D eigenvalue weighted by atomic mass is 31.0. The third kappa shape index (κ3) is 11.4. The first-order chi connectivity index (χ1) is 24.2. The van der Waals surface area contributed by atoms with Gasteiger partial charge in [0.05, 0.1) is 16.7 Å². The van der Waals surface area contributed by atoms with E-state index >= 15 is 0 Å². The summed E-state index contributed by atoms with van der Waals surface area (Å²) in [6.45, 7) is -0.543. The number of hydrogen-bond acceptors (Lipinski definition) is 5. The Bertz CT molecular complexity index is 1840. The van der Waals surface area contributed by atoms with Gasteiger partial charge in [-0.2, -0.15) is 26.3 Å². The molecule has 0 saturated heterocycles. The number of carbonyl (C=O) groups excluding carboxylic acids is 1. The molecule has 0 aliphatic rings. The predicted octanol–water partition coefficient (Wildman–Crippen LogP) is 8.06. The van der Waals surface area contributed by atoms with Crippen LogP contribution in [-0.4, -0.2) is 30.4 Å². The topological polar surface area (TPSA) is 97.2 Å². The number of alkyl halides is 6. The van der Waals surface area contributed by atoms with E-state index in [1.807, 2.05) is 18.2 Å². The van der Waals surface area contributed by atoms with Gasteiger partial charge in [-0.15, -0.1) is 9.24 Å². The van der Waals surface area contributed by atoms with Crippen molar-refractivity contribution in [2.75, 3.05) is 7.11 Å². The molecule has 51 heavy (non-hydrogen) atoms. The number of oxime groups is 1. The van der Waals surface area contributed by atoms with Crippen molar-refractivity contribution in [3.8, 4) is 5.75 Å². The van der Waals surface area contributed by atoms with E-state index in [9.17, 15) is 41.0 Å². The number of carbonyl (C=O) groups is 2. The molecular weight excluding hydrogens is 697 g/mol. The van der Waals surface area contributed by atoms with Gasteiger partial charge in [0.1, 0.15) is 19.5 Å². The molecule has 0 saturated carbocycles. The van der Waals surface area contributed by atoms with E-state index in [1.54, 1.807) is 48.5 Å². The molecule has 0 aromatic heterocycles. The zero-order valence-electron chi connectivity index (χ0n) is 27.1. The lowest BCUT2D eigenvalue weighted by Crippen LogP contribution is -2.22. The first kappa shape index (κ1) is 38.6. The highest BCUT2D eigenvalue weighted by Crippen LogP contribution is 2.37. The van der Waals surface area contributed by atoms with Gasteiger partial charge in [-0.25, -0.2) is 4.79 Å². The number of nitrogens with one attached hydrogen (secondary N) is 1. The molecule has 0 bridgehead atoms. The number of rotatable bonds is 14. The Kier molecular flexibility index (Phi) is 13.0. The molecule has 4 aromatic carbocycles. The minimum Gasteiger partial charge on any atom is -0.488 e. The molecule has 7 nitrogen and oxygen atoms in total. The van der Waals surface area contributed by atoms with E-state index in [4.69, 9.17) is 9.57 Å². The van der Waals surface area contributed by atoms with E-state index in [-0.39, 0.29) is 34.7 Å². The standard InChI is InChI=1S/C37H33F6N2O5P/c1-49-45-34(44-22-46)27-9-4-23(5-10-27)2-3-24(16-25-6-11-28(12-7-25)35(47)48)8-13-29-19-32(51)14-15-33(29)50-21-26-17-30(36(38,39)40)20-31(18-26)37(41,42)43/h4-15,17-20,22,24H,2-3,16,21,51H2,1H3,(H,47,48)(H,44,45,46)/b13-8+. The summed E-state index contributed by atoms with van der Waals surface area (Å²) in [6, 6.07) is 20.2. The molecule has 2 unspecified atom stereocenters. The Labute approximate surface area is 292 Å². The van der Waals surface area contributed by atoms with Crippen LogP contribution in [0.25, 0.3) is 6.08 Å². The van der Waals surface area contributed by atoms with Crippen molar-refractivity contribution in [1.82, 2.24) is 5.32 Å². The van der Waals surface area contributed by atoms with Crippen LogP contribution in [0.2, 0.25) is 0 Å². The molecule has 0 spiro atoms. The lowest BCUT2D eigenvalue weighted by Gasteiger charge is -2.16. The Balaban J connectivity index is 1.58. The van der Waals surface area contributed by atoms with E-state index in [0.717, 1.165) is 16.4 Å². The average molecular weight is 731 g/mol. The maximum Gasteiger partial charge on any atom is 0.416 e. The van der Waals surface area contributed by atoms with Crippen LogP contribution in [0, 0.1) is 5.92 Å². The average Bonchev–Trinajstić information content (AvgIpc) is 3.08. The lowest BCUT2D eigenvalue weighted by atomic mass is 9.91. The lowest BCUT2D eigenvalue weighted by molar-refractivity contribution is -0.143. The minimum absolute atomic E-state index is 0.0718. The number of halogens is 6. The number of aryl methyl sites for hydroxylation is 1. The summed E-state index contributed by atoms with van der Waals surface area (Å²) in [5, 5.41) is 16.3. The molecule has 0 radical (unpaired) electrons. The zero-order chi connectivity index (χ0) is 37.2. The SMILES string of the molecule is CO/N=C(\NC=O)c1ccc(CCC(/C=C/c2cc(P)ccc2OCc2cc(C(F)(F)F)cc(C(F)(F)F)c2)Cc2ccc(C(=O)O)cc2)cc1. The van der Waals surface area contributed by atoms with Crippen molar-refractivity contribution in [2.24, 2.45) is 11.1 Å². The van der Waals surface area contributed by atoms with Crippen molar-refractivity contribution in [3.05, 3.63) is 136 Å². The van der Waals surface area contributed by atoms with Gasteiger partial charge in [-0.1, -0.05) is 59.8 Å². The number of allylic oxidation sites excluding steroid dienone is 1. The quantitative estimate of drug-likeness (QED) is 0.0342.